The first-order chi connectivity index (χ1) is 7.69. The molecule has 0 spiro atoms. The van der Waals surface area contributed by atoms with Crippen LogP contribution in [0.4, 0.5) is 0 Å². The maximum Gasteiger partial charge on any atom is 0.311 e. The van der Waals surface area contributed by atoms with Gasteiger partial charge < -0.3 is 10.8 Å². The molecule has 1 aliphatic rings. The van der Waals surface area contributed by atoms with Crippen molar-refractivity contribution in [3.05, 3.63) is 35.9 Å². The summed E-state index contributed by atoms with van der Waals surface area (Å²) in [4.78, 5) is 11.5. The Bertz CT molecular complexity index is 373. The van der Waals surface area contributed by atoms with Crippen LogP contribution in [0.15, 0.2) is 30.3 Å². The van der Waals surface area contributed by atoms with Gasteiger partial charge >= 0.3 is 5.97 Å². The molecule has 0 amide bonds. The summed E-state index contributed by atoms with van der Waals surface area (Å²) in [5.74, 6) is -0.489. The fourth-order valence-electron chi connectivity index (χ4n) is 2.32. The maximum atomic E-state index is 11.5. The molecule has 1 aliphatic carbocycles. The molecule has 1 saturated carbocycles. The largest absolute Gasteiger partial charge is 0.481 e. The smallest absolute Gasteiger partial charge is 0.311 e. The van der Waals surface area contributed by atoms with E-state index in [9.17, 15) is 9.90 Å². The summed E-state index contributed by atoms with van der Waals surface area (Å²) < 4.78 is 0. The second-order valence-corrected chi connectivity index (χ2v) is 4.60. The van der Waals surface area contributed by atoms with Crippen molar-refractivity contribution in [1.82, 2.24) is 0 Å². The van der Waals surface area contributed by atoms with Crippen LogP contribution in [-0.4, -0.2) is 17.6 Å². The van der Waals surface area contributed by atoms with E-state index in [1.807, 2.05) is 30.3 Å². The van der Waals surface area contributed by atoms with Crippen LogP contribution in [0.2, 0.25) is 0 Å². The van der Waals surface area contributed by atoms with Gasteiger partial charge in [-0.3, -0.25) is 4.79 Å². The number of carboxylic acids is 1. The Morgan fingerprint density at radius 3 is 2.44 bits per heavy atom. The predicted molar refractivity (Wildman–Crippen MR) is 62.0 cm³/mol. The van der Waals surface area contributed by atoms with Crippen LogP contribution >= 0.6 is 0 Å². The van der Waals surface area contributed by atoms with Crippen molar-refractivity contribution < 1.29 is 9.90 Å². The number of nitrogens with two attached hydrogens (primary N) is 1. The van der Waals surface area contributed by atoms with Gasteiger partial charge in [0, 0.05) is 6.54 Å². The molecule has 1 aromatic rings. The summed E-state index contributed by atoms with van der Waals surface area (Å²) >= 11 is 0. The average molecular weight is 219 g/mol. The van der Waals surface area contributed by atoms with E-state index in [2.05, 4.69) is 0 Å². The zero-order valence-corrected chi connectivity index (χ0v) is 9.23. The molecule has 2 rings (SSSR count). The lowest BCUT2D eigenvalue weighted by molar-refractivity contribution is -0.149. The molecule has 1 atom stereocenters. The van der Waals surface area contributed by atoms with Crippen LogP contribution in [0.1, 0.15) is 18.4 Å². The van der Waals surface area contributed by atoms with Gasteiger partial charge in [-0.15, -0.1) is 0 Å². The highest BCUT2D eigenvalue weighted by Gasteiger charge is 2.50. The minimum atomic E-state index is -0.749. The SMILES string of the molecule is NCC(Cc1ccccc1)(C(=O)O)C1CC1. The van der Waals surface area contributed by atoms with Crippen LogP contribution in [0.3, 0.4) is 0 Å². The molecule has 0 aromatic heterocycles. The highest BCUT2D eigenvalue weighted by Crippen LogP contribution is 2.47. The average Bonchev–Trinajstić information content (AvgIpc) is 3.11. The summed E-state index contributed by atoms with van der Waals surface area (Å²) in [6.07, 6.45) is 2.54. The van der Waals surface area contributed by atoms with Gasteiger partial charge in [0.25, 0.3) is 0 Å². The van der Waals surface area contributed by atoms with Gasteiger partial charge in [0.15, 0.2) is 0 Å². The number of carboxylic acid groups (broad SMARTS) is 1. The van der Waals surface area contributed by atoms with E-state index in [0.717, 1.165) is 18.4 Å². The number of rotatable bonds is 5. The normalized spacial score (nSPS) is 19.1. The van der Waals surface area contributed by atoms with Gasteiger partial charge in [-0.05, 0) is 30.7 Å². The third-order valence-electron chi connectivity index (χ3n) is 3.51. The Morgan fingerprint density at radius 1 is 1.38 bits per heavy atom. The Kier molecular flexibility index (Phi) is 2.97. The van der Waals surface area contributed by atoms with Gasteiger partial charge in [-0.1, -0.05) is 30.3 Å². The number of benzene rings is 1. The highest BCUT2D eigenvalue weighted by atomic mass is 16.4. The van der Waals surface area contributed by atoms with Crippen molar-refractivity contribution >= 4 is 5.97 Å². The minimum Gasteiger partial charge on any atom is -0.481 e. The molecule has 0 bridgehead atoms. The molecule has 1 aromatic carbocycles. The van der Waals surface area contributed by atoms with Gasteiger partial charge in [0.2, 0.25) is 0 Å². The van der Waals surface area contributed by atoms with Crippen molar-refractivity contribution in [3.63, 3.8) is 0 Å². The van der Waals surface area contributed by atoms with E-state index in [4.69, 9.17) is 5.73 Å². The maximum absolute atomic E-state index is 11.5. The number of carbonyl (C=O) groups is 1. The van der Waals surface area contributed by atoms with Crippen LogP contribution in [0.5, 0.6) is 0 Å². The molecule has 86 valence electrons. The summed E-state index contributed by atoms with van der Waals surface area (Å²) in [6, 6.07) is 9.74. The number of hydrogen-bond acceptors (Lipinski definition) is 2. The van der Waals surface area contributed by atoms with E-state index in [-0.39, 0.29) is 12.5 Å². The van der Waals surface area contributed by atoms with Gasteiger partial charge in [0.1, 0.15) is 0 Å². The minimum absolute atomic E-state index is 0.224. The van der Waals surface area contributed by atoms with Crippen LogP contribution < -0.4 is 5.73 Å². The van der Waals surface area contributed by atoms with E-state index >= 15 is 0 Å². The number of hydrogen-bond donors (Lipinski definition) is 2. The zero-order chi connectivity index (χ0) is 11.6. The fourth-order valence-corrected chi connectivity index (χ4v) is 2.32. The van der Waals surface area contributed by atoms with Crippen molar-refractivity contribution in [3.8, 4) is 0 Å². The van der Waals surface area contributed by atoms with Crippen molar-refractivity contribution in [1.29, 1.82) is 0 Å². The van der Waals surface area contributed by atoms with E-state index in [0.29, 0.717) is 6.42 Å². The summed E-state index contributed by atoms with van der Waals surface area (Å²) in [7, 11) is 0. The predicted octanol–water partition coefficient (Wildman–Crippen LogP) is 1.67. The topological polar surface area (TPSA) is 63.3 Å². The van der Waals surface area contributed by atoms with Crippen molar-refractivity contribution in [2.24, 2.45) is 17.1 Å². The summed E-state index contributed by atoms with van der Waals surface area (Å²) in [5.41, 5.74) is 6.03. The van der Waals surface area contributed by atoms with Crippen LogP contribution in [-0.2, 0) is 11.2 Å². The molecule has 1 fully saturated rings. The molecule has 0 aliphatic heterocycles. The molecule has 0 saturated heterocycles. The quantitative estimate of drug-likeness (QED) is 0.791. The van der Waals surface area contributed by atoms with Crippen LogP contribution in [0, 0.1) is 11.3 Å². The first-order valence-electron chi connectivity index (χ1n) is 5.66. The Morgan fingerprint density at radius 2 is 2.00 bits per heavy atom. The monoisotopic (exact) mass is 219 g/mol. The fraction of sp³-hybridized carbons (Fsp3) is 0.462. The highest BCUT2D eigenvalue weighted by molar-refractivity contribution is 5.76. The van der Waals surface area contributed by atoms with Crippen molar-refractivity contribution in [2.45, 2.75) is 19.3 Å². The third kappa shape index (κ3) is 1.95. The lowest BCUT2D eigenvalue weighted by Gasteiger charge is -2.28. The van der Waals surface area contributed by atoms with Gasteiger partial charge in [-0.2, -0.15) is 0 Å². The van der Waals surface area contributed by atoms with E-state index in [1.165, 1.54) is 0 Å². The molecule has 16 heavy (non-hydrogen) atoms. The van der Waals surface area contributed by atoms with Crippen LogP contribution in [0.25, 0.3) is 0 Å². The Balaban J connectivity index is 2.23. The third-order valence-corrected chi connectivity index (χ3v) is 3.51. The summed E-state index contributed by atoms with van der Waals surface area (Å²) in [5, 5.41) is 9.42. The molecular formula is C13H17NO2. The second kappa shape index (κ2) is 4.26. The summed E-state index contributed by atoms with van der Waals surface area (Å²) in [6.45, 7) is 0.224. The first-order valence-corrected chi connectivity index (χ1v) is 5.66. The molecule has 3 nitrogen and oxygen atoms in total. The molecule has 0 heterocycles. The first kappa shape index (κ1) is 11.1. The molecule has 3 heteroatoms. The molecular weight excluding hydrogens is 202 g/mol. The standard InChI is InChI=1S/C13H17NO2/c14-9-13(12(15)16,11-6-7-11)8-10-4-2-1-3-5-10/h1-5,11H,6-9,14H2,(H,15,16). The molecule has 3 N–H and O–H groups in total. The Labute approximate surface area is 95.3 Å². The van der Waals surface area contributed by atoms with E-state index < -0.39 is 11.4 Å². The molecule has 0 radical (unpaired) electrons. The van der Waals surface area contributed by atoms with E-state index in [1.54, 1.807) is 0 Å². The van der Waals surface area contributed by atoms with Gasteiger partial charge in [0.05, 0.1) is 5.41 Å². The lowest BCUT2D eigenvalue weighted by atomic mass is 9.77. The molecule has 1 unspecified atom stereocenters. The van der Waals surface area contributed by atoms with Crippen molar-refractivity contribution in [2.75, 3.05) is 6.54 Å². The second-order valence-electron chi connectivity index (χ2n) is 4.60. The lowest BCUT2D eigenvalue weighted by Crippen LogP contribution is -2.42. The Hall–Kier alpha value is -1.35. The number of aliphatic carboxylic acids is 1. The van der Waals surface area contributed by atoms with Gasteiger partial charge in [-0.25, -0.2) is 0 Å². The zero-order valence-electron chi connectivity index (χ0n) is 9.23.